The minimum atomic E-state index is 0. The Labute approximate surface area is 65.9 Å². The molecule has 0 aromatic rings. The zero-order valence-corrected chi connectivity index (χ0v) is 6.57. The van der Waals surface area contributed by atoms with Gasteiger partial charge in [0.1, 0.15) is 0 Å². The maximum absolute atomic E-state index is 2.21. The Bertz CT molecular complexity index is 14.0. The third kappa shape index (κ3) is 30.8. The fourth-order valence-corrected chi connectivity index (χ4v) is 0.354. The van der Waals surface area contributed by atoms with Gasteiger partial charge in [0.2, 0.25) is 0 Å². The Morgan fingerprint density at radius 2 is 1.12 bits per heavy atom. The molecule has 0 heterocycles. The van der Waals surface area contributed by atoms with Crippen LogP contribution in [0.3, 0.4) is 0 Å². The monoisotopic (exact) mass is 160 g/mol. The van der Waals surface area contributed by atoms with Gasteiger partial charge in [0, 0.05) is 0 Å². The number of hydrogen-bond donors (Lipinski definition) is 0. The van der Waals surface area contributed by atoms with Crippen molar-refractivity contribution >= 4 is 24.8 Å². The largest absolute Gasteiger partial charge is 0.147 e. The number of unbranched alkanes of at least 4 members (excludes halogenated alkanes) is 2. The fraction of sp³-hybridized carbons (Fsp3) is 1.00. The van der Waals surface area contributed by atoms with Crippen molar-refractivity contribution in [2.24, 2.45) is 0 Å². The van der Waals surface area contributed by atoms with Gasteiger partial charge in [-0.2, -0.15) is 0 Å². The molecule has 0 aliphatic heterocycles. The van der Waals surface area contributed by atoms with E-state index in [4.69, 9.17) is 0 Å². The second-order valence-corrected chi connectivity index (χ2v) is 1.35. The van der Waals surface area contributed by atoms with Crippen LogP contribution in [-0.2, 0) is 0 Å². The molecule has 0 nitrogen and oxygen atoms in total. The summed E-state index contributed by atoms with van der Waals surface area (Å²) in [5.74, 6) is 0. The first-order chi connectivity index (χ1) is 2.41. The SMILES string of the molecule is C.CCCCC.Cl.Cl. The van der Waals surface area contributed by atoms with E-state index in [-0.39, 0.29) is 32.2 Å². The van der Waals surface area contributed by atoms with E-state index in [9.17, 15) is 0 Å². The summed E-state index contributed by atoms with van der Waals surface area (Å²) >= 11 is 0. The summed E-state index contributed by atoms with van der Waals surface area (Å²) < 4.78 is 0. The Morgan fingerprint density at radius 1 is 0.875 bits per heavy atom. The molecule has 0 saturated heterocycles. The molecular weight excluding hydrogens is 143 g/mol. The van der Waals surface area contributed by atoms with Crippen LogP contribution in [-0.4, -0.2) is 0 Å². The van der Waals surface area contributed by atoms with Crippen molar-refractivity contribution in [3.8, 4) is 0 Å². The van der Waals surface area contributed by atoms with Crippen LogP contribution in [0.4, 0.5) is 0 Å². The molecule has 8 heavy (non-hydrogen) atoms. The highest BCUT2D eigenvalue weighted by molar-refractivity contribution is 5.85. The molecule has 2 heteroatoms. The highest BCUT2D eigenvalue weighted by atomic mass is 35.5. The van der Waals surface area contributed by atoms with Gasteiger partial charge in [0.15, 0.2) is 0 Å². The van der Waals surface area contributed by atoms with E-state index >= 15 is 0 Å². The number of halogens is 2. The molecule has 0 rings (SSSR count). The molecule has 0 amide bonds. The first-order valence-corrected chi connectivity index (χ1v) is 2.41. The molecule has 0 N–H and O–H groups in total. The maximum Gasteiger partial charge on any atom is -0.0538 e. The van der Waals surface area contributed by atoms with Crippen LogP contribution in [0, 0.1) is 0 Å². The molecule has 0 aliphatic rings. The smallest absolute Gasteiger partial charge is 0.0538 e. The van der Waals surface area contributed by atoms with Crippen molar-refractivity contribution in [1.29, 1.82) is 0 Å². The van der Waals surface area contributed by atoms with Gasteiger partial charge in [0.25, 0.3) is 0 Å². The molecule has 0 aliphatic carbocycles. The third-order valence-electron chi connectivity index (χ3n) is 0.707. The summed E-state index contributed by atoms with van der Waals surface area (Å²) in [5, 5.41) is 0. The van der Waals surface area contributed by atoms with E-state index < -0.39 is 0 Å². The molecule has 0 spiro atoms. The van der Waals surface area contributed by atoms with Crippen LogP contribution in [0.5, 0.6) is 0 Å². The van der Waals surface area contributed by atoms with Crippen LogP contribution in [0.2, 0.25) is 0 Å². The van der Waals surface area contributed by atoms with Crippen molar-refractivity contribution in [3.63, 3.8) is 0 Å². The molecule has 0 bridgehead atoms. The number of hydrogen-bond acceptors (Lipinski definition) is 0. The molecule has 0 radical (unpaired) electrons. The Hall–Kier alpha value is 0.580. The van der Waals surface area contributed by atoms with Gasteiger partial charge < -0.3 is 0 Å². The Balaban J connectivity index is -0.0000000267. The van der Waals surface area contributed by atoms with Crippen molar-refractivity contribution in [2.45, 2.75) is 40.5 Å². The first-order valence-electron chi connectivity index (χ1n) is 2.41. The zero-order chi connectivity index (χ0) is 4.12. The van der Waals surface area contributed by atoms with Crippen molar-refractivity contribution in [1.82, 2.24) is 0 Å². The van der Waals surface area contributed by atoms with Crippen LogP contribution < -0.4 is 0 Å². The summed E-state index contributed by atoms with van der Waals surface area (Å²) in [6.45, 7) is 4.42. The molecule has 0 saturated carbocycles. The Kier molecular flexibility index (Phi) is 75.2. The molecular formula is C6H18Cl2. The average Bonchev–Trinajstić information content (AvgIpc) is 1.41. The molecule has 0 fully saturated rings. The standard InChI is InChI=1S/C5H12.CH4.2ClH/c1-3-5-4-2;;;/h3-5H2,1-2H3;1H4;2*1H. The van der Waals surface area contributed by atoms with E-state index in [1.807, 2.05) is 0 Å². The lowest BCUT2D eigenvalue weighted by Gasteiger charge is -1.79. The van der Waals surface area contributed by atoms with Crippen LogP contribution in [0.1, 0.15) is 40.5 Å². The van der Waals surface area contributed by atoms with Gasteiger partial charge >= 0.3 is 0 Å². The van der Waals surface area contributed by atoms with Crippen LogP contribution in [0.15, 0.2) is 0 Å². The van der Waals surface area contributed by atoms with E-state index in [0.29, 0.717) is 0 Å². The second-order valence-electron chi connectivity index (χ2n) is 1.35. The van der Waals surface area contributed by atoms with Crippen LogP contribution in [0.25, 0.3) is 0 Å². The summed E-state index contributed by atoms with van der Waals surface area (Å²) in [4.78, 5) is 0. The molecule has 0 aromatic carbocycles. The number of rotatable bonds is 2. The van der Waals surface area contributed by atoms with Crippen molar-refractivity contribution in [3.05, 3.63) is 0 Å². The predicted molar refractivity (Wildman–Crippen MR) is 46.4 cm³/mol. The van der Waals surface area contributed by atoms with E-state index in [0.717, 1.165) is 0 Å². The van der Waals surface area contributed by atoms with E-state index in [1.54, 1.807) is 0 Å². The van der Waals surface area contributed by atoms with Gasteiger partial charge in [-0.25, -0.2) is 0 Å². The van der Waals surface area contributed by atoms with Gasteiger partial charge in [-0.05, 0) is 0 Å². The van der Waals surface area contributed by atoms with E-state index in [1.165, 1.54) is 19.3 Å². The summed E-state index contributed by atoms with van der Waals surface area (Å²) in [5.41, 5.74) is 0. The minimum Gasteiger partial charge on any atom is -0.147 e. The second kappa shape index (κ2) is 25.6. The lowest BCUT2D eigenvalue weighted by molar-refractivity contribution is 0.772. The highest BCUT2D eigenvalue weighted by Gasteiger charge is 1.68. The topological polar surface area (TPSA) is 0 Å². The summed E-state index contributed by atoms with van der Waals surface area (Å²) in [6, 6.07) is 0. The lowest BCUT2D eigenvalue weighted by Crippen LogP contribution is -1.59. The summed E-state index contributed by atoms with van der Waals surface area (Å²) in [6.07, 6.45) is 4.08. The van der Waals surface area contributed by atoms with Gasteiger partial charge in [-0.15, -0.1) is 24.8 Å². The normalized spacial score (nSPS) is 5.25. The average molecular weight is 161 g/mol. The predicted octanol–water partition coefficient (Wildman–Crippen LogP) is 3.68. The maximum atomic E-state index is 2.21. The van der Waals surface area contributed by atoms with Crippen LogP contribution >= 0.6 is 24.8 Å². The Morgan fingerprint density at radius 3 is 1.12 bits per heavy atom. The first kappa shape index (κ1) is 23.5. The summed E-state index contributed by atoms with van der Waals surface area (Å²) in [7, 11) is 0. The van der Waals surface area contributed by atoms with Gasteiger partial charge in [0.05, 0.1) is 0 Å². The van der Waals surface area contributed by atoms with Crippen molar-refractivity contribution in [2.75, 3.05) is 0 Å². The minimum absolute atomic E-state index is 0. The van der Waals surface area contributed by atoms with Crippen molar-refractivity contribution < 1.29 is 0 Å². The van der Waals surface area contributed by atoms with Gasteiger partial charge in [-0.1, -0.05) is 40.5 Å². The molecule has 0 aromatic heterocycles. The quantitative estimate of drug-likeness (QED) is 0.579. The highest BCUT2D eigenvalue weighted by Crippen LogP contribution is 1.88. The van der Waals surface area contributed by atoms with E-state index in [2.05, 4.69) is 13.8 Å². The molecule has 56 valence electrons. The zero-order valence-electron chi connectivity index (χ0n) is 4.94. The third-order valence-corrected chi connectivity index (χ3v) is 0.707. The molecule has 0 atom stereocenters. The molecule has 0 unspecified atom stereocenters. The van der Waals surface area contributed by atoms with Gasteiger partial charge in [-0.3, -0.25) is 0 Å². The lowest BCUT2D eigenvalue weighted by atomic mass is 10.3. The fourth-order valence-electron chi connectivity index (χ4n) is 0.354.